The van der Waals surface area contributed by atoms with Gasteiger partial charge in [-0.2, -0.15) is 0 Å². The van der Waals surface area contributed by atoms with Gasteiger partial charge in [0.2, 0.25) is 0 Å². The lowest BCUT2D eigenvalue weighted by Crippen LogP contribution is -2.11. The Morgan fingerprint density at radius 1 is 1.40 bits per heavy atom. The maximum absolute atomic E-state index is 2.59. The van der Waals surface area contributed by atoms with Crippen molar-refractivity contribution in [3.8, 4) is 0 Å². The molecule has 0 spiro atoms. The van der Waals surface area contributed by atoms with Gasteiger partial charge in [-0.3, -0.25) is 0 Å². The molecule has 0 aromatic carbocycles. The summed E-state index contributed by atoms with van der Waals surface area (Å²) in [7, 11) is 0. The van der Waals surface area contributed by atoms with E-state index in [-0.39, 0.29) is 0 Å². The summed E-state index contributed by atoms with van der Waals surface area (Å²) >= 11 is 2.70. The molecule has 0 amide bonds. The van der Waals surface area contributed by atoms with Crippen LogP contribution in [-0.4, -0.2) is 18.9 Å². The van der Waals surface area contributed by atoms with Crippen LogP contribution in [0.2, 0.25) is 0 Å². The molecule has 0 bridgehead atoms. The fraction of sp³-hybridized carbons (Fsp3) is 0.625. The van der Waals surface area contributed by atoms with Crippen molar-refractivity contribution < 1.29 is 0 Å². The van der Waals surface area contributed by atoms with E-state index in [1.165, 1.54) is 17.3 Å². The van der Waals surface area contributed by atoms with Crippen molar-refractivity contribution in [3.05, 3.63) is 12.2 Å². The zero-order chi connectivity index (χ0) is 6.81. The molecule has 1 heterocycles. The van der Waals surface area contributed by atoms with Crippen LogP contribution in [-0.2, 0) is 0 Å². The number of hydrogen-bond acceptors (Lipinski definition) is 1. The first-order valence-corrected chi connectivity index (χ1v) is 7.40. The number of thioether (sulfide) groups is 1. The Morgan fingerprint density at radius 3 is 2.80 bits per heavy atom. The molecule has 0 saturated carbocycles. The third-order valence-corrected chi connectivity index (χ3v) is 6.33. The molecule has 0 radical (unpaired) electrons. The summed E-state index contributed by atoms with van der Waals surface area (Å²) in [4.78, 5) is 0. The zero-order valence-corrected chi connectivity index (χ0v) is 8.77. The molecule has 0 N–H and O–H groups in total. The number of alkyl halides is 1. The molecule has 2 rings (SSSR count). The Kier molecular flexibility index (Phi) is 2.49. The van der Waals surface area contributed by atoms with E-state index in [2.05, 4.69) is 27.9 Å². The van der Waals surface area contributed by atoms with Gasteiger partial charge in [0, 0.05) is 10.5 Å². The molecule has 0 aromatic rings. The van der Waals surface area contributed by atoms with Crippen LogP contribution in [0, 0.1) is 0 Å². The van der Waals surface area contributed by atoms with Crippen LogP contribution in [0.1, 0.15) is 12.8 Å². The van der Waals surface area contributed by atoms with E-state index in [1.54, 1.807) is 0 Å². The molecule has 0 fully saturated rings. The van der Waals surface area contributed by atoms with Crippen LogP contribution >= 0.6 is 32.5 Å². The fourth-order valence-corrected chi connectivity index (χ4v) is 5.99. The maximum Gasteiger partial charge on any atom is 0.0293 e. The average Bonchev–Trinajstić information content (AvgIpc) is 2.29. The fourth-order valence-electron chi connectivity index (χ4n) is 1.07. The third kappa shape index (κ3) is 1.64. The average molecular weight is 266 g/mol. The van der Waals surface area contributed by atoms with E-state index in [1.807, 2.05) is 0 Å². The molecule has 1 aliphatic heterocycles. The minimum atomic E-state index is 0.519. The second kappa shape index (κ2) is 3.39. The Hall–Kier alpha value is 0.690. The maximum atomic E-state index is 2.59. The van der Waals surface area contributed by atoms with Gasteiger partial charge < -0.3 is 0 Å². The normalized spacial score (nSPS) is 37.2. The first kappa shape index (κ1) is 7.35. The van der Waals surface area contributed by atoms with Gasteiger partial charge in [-0.05, 0) is 21.3 Å². The van der Waals surface area contributed by atoms with Gasteiger partial charge in [0.05, 0.1) is 0 Å². The molecule has 2 aliphatic rings. The molecule has 0 aromatic heterocycles. The summed E-state index contributed by atoms with van der Waals surface area (Å²) in [5.41, 5.74) is 0. The van der Waals surface area contributed by atoms with E-state index in [4.69, 9.17) is 0 Å². The SMILES string of the molecule is C1=CC(SC2C=ICC2)C1. The molecule has 2 unspecified atom stereocenters. The first-order valence-electron chi connectivity index (χ1n) is 3.68. The van der Waals surface area contributed by atoms with Gasteiger partial charge in [0.15, 0.2) is 0 Å². The standard InChI is InChI=1S/C8H11IS/c1-2-7(3-1)10-8-4-5-9-6-8/h1-2,6-8H,3-5H2. The number of halogens is 1. The highest BCUT2D eigenvalue weighted by molar-refractivity contribution is 14.2. The van der Waals surface area contributed by atoms with Crippen LogP contribution in [0.25, 0.3) is 0 Å². The smallest absolute Gasteiger partial charge is 0.0293 e. The third-order valence-electron chi connectivity index (χ3n) is 1.80. The largest absolute Gasteiger partial charge is 0.146 e. The number of hydrogen-bond donors (Lipinski definition) is 0. The lowest BCUT2D eigenvalue weighted by molar-refractivity contribution is 0.965. The molecule has 2 atom stereocenters. The minimum absolute atomic E-state index is 0.519. The Morgan fingerprint density at radius 2 is 2.30 bits per heavy atom. The van der Waals surface area contributed by atoms with Gasteiger partial charge in [-0.1, -0.05) is 12.2 Å². The molecule has 0 saturated heterocycles. The predicted molar refractivity (Wildman–Crippen MR) is 58.5 cm³/mol. The summed E-state index contributed by atoms with van der Waals surface area (Å²) in [5, 5.41) is 1.81. The molecule has 2 heteroatoms. The van der Waals surface area contributed by atoms with E-state index in [0.29, 0.717) is 20.7 Å². The lowest BCUT2D eigenvalue weighted by atomic mass is 10.1. The Bertz CT molecular complexity index is 174. The summed E-state index contributed by atoms with van der Waals surface area (Å²) in [5.74, 6) is 0. The highest BCUT2D eigenvalue weighted by Gasteiger charge is 2.17. The number of rotatable bonds is 2. The Balaban J connectivity index is 1.79. The van der Waals surface area contributed by atoms with E-state index in [9.17, 15) is 0 Å². The molecule has 10 heavy (non-hydrogen) atoms. The molecule has 1 aliphatic carbocycles. The van der Waals surface area contributed by atoms with Crippen molar-refractivity contribution in [1.82, 2.24) is 0 Å². The van der Waals surface area contributed by atoms with E-state index < -0.39 is 0 Å². The lowest BCUT2D eigenvalue weighted by Gasteiger charge is -2.19. The topological polar surface area (TPSA) is 0 Å². The van der Waals surface area contributed by atoms with Crippen molar-refractivity contribution in [2.75, 3.05) is 4.43 Å². The highest BCUT2D eigenvalue weighted by Crippen LogP contribution is 2.32. The first-order chi connectivity index (χ1) is 4.95. The second-order valence-electron chi connectivity index (χ2n) is 2.63. The quantitative estimate of drug-likeness (QED) is 0.420. The van der Waals surface area contributed by atoms with Gasteiger partial charge >= 0.3 is 0 Å². The van der Waals surface area contributed by atoms with Crippen LogP contribution in [0.3, 0.4) is 0 Å². The van der Waals surface area contributed by atoms with Crippen molar-refractivity contribution in [1.29, 1.82) is 0 Å². The zero-order valence-electron chi connectivity index (χ0n) is 5.79. The monoisotopic (exact) mass is 266 g/mol. The number of allylic oxidation sites excluding steroid dienone is 1. The van der Waals surface area contributed by atoms with Crippen molar-refractivity contribution in [3.63, 3.8) is 0 Å². The van der Waals surface area contributed by atoms with Gasteiger partial charge in [-0.15, -0.1) is 32.5 Å². The van der Waals surface area contributed by atoms with Crippen molar-refractivity contribution >= 4 is 36.5 Å². The minimum Gasteiger partial charge on any atom is -0.146 e. The molecular formula is C8H11IS. The van der Waals surface area contributed by atoms with Crippen LogP contribution in [0.4, 0.5) is 0 Å². The summed E-state index contributed by atoms with van der Waals surface area (Å²) in [6, 6.07) is 0. The summed E-state index contributed by atoms with van der Waals surface area (Å²) in [6.07, 6.45) is 7.42. The molecule has 0 nitrogen and oxygen atoms in total. The van der Waals surface area contributed by atoms with E-state index >= 15 is 0 Å². The van der Waals surface area contributed by atoms with Gasteiger partial charge in [0.25, 0.3) is 0 Å². The molecule has 56 valence electrons. The predicted octanol–water partition coefficient (Wildman–Crippen LogP) is 2.59. The second-order valence-corrected chi connectivity index (χ2v) is 6.80. The summed E-state index contributed by atoms with van der Waals surface area (Å²) < 4.78 is 4.13. The van der Waals surface area contributed by atoms with Crippen LogP contribution in [0.15, 0.2) is 12.2 Å². The van der Waals surface area contributed by atoms with Crippen molar-refractivity contribution in [2.24, 2.45) is 0 Å². The van der Waals surface area contributed by atoms with Crippen LogP contribution in [0.5, 0.6) is 0 Å². The Labute approximate surface area is 76.2 Å². The van der Waals surface area contributed by atoms with Crippen molar-refractivity contribution in [2.45, 2.75) is 23.3 Å². The van der Waals surface area contributed by atoms with Gasteiger partial charge in [0.1, 0.15) is 0 Å². The molecular weight excluding hydrogens is 255 g/mol. The van der Waals surface area contributed by atoms with Gasteiger partial charge in [-0.25, -0.2) is 0 Å². The van der Waals surface area contributed by atoms with Crippen LogP contribution < -0.4 is 0 Å². The summed E-state index contributed by atoms with van der Waals surface area (Å²) in [6.45, 7) is 0. The van der Waals surface area contributed by atoms with E-state index in [0.717, 1.165) is 10.5 Å². The highest BCUT2D eigenvalue weighted by atomic mass is 127.